The minimum Gasteiger partial charge on any atom is -0.381 e. The predicted octanol–water partition coefficient (Wildman–Crippen LogP) is 2.10. The van der Waals surface area contributed by atoms with Crippen LogP contribution in [0.3, 0.4) is 0 Å². The summed E-state index contributed by atoms with van der Waals surface area (Å²) >= 11 is 0. The van der Waals surface area contributed by atoms with Gasteiger partial charge in [-0.15, -0.1) is 0 Å². The molecule has 33 heavy (non-hydrogen) atoms. The van der Waals surface area contributed by atoms with Crippen molar-refractivity contribution in [2.45, 2.75) is 44.8 Å². The van der Waals surface area contributed by atoms with Gasteiger partial charge in [-0.1, -0.05) is 0 Å². The summed E-state index contributed by atoms with van der Waals surface area (Å²) < 4.78 is 7.30. The van der Waals surface area contributed by atoms with Crippen LogP contribution in [0, 0.1) is 5.92 Å². The standard InChI is InChI=1S/C24H34N6O3/c1-33-20-4-2-18(3-5-20)16-27-10-12-28(13-11-27)17-19-6-9-30-21(14-19)22(15-25-30)29-8-7-23(31)26-24(29)32/h6,9,14-15,18,20H,2-5,7-8,10-13,16-17H2,1H3,(H,26,31,32)/t18-,20-. The molecule has 0 atom stereocenters. The van der Waals surface area contributed by atoms with E-state index in [0.717, 1.165) is 49.8 Å². The number of piperazine rings is 1. The van der Waals surface area contributed by atoms with Crippen LogP contribution in [0.1, 0.15) is 37.7 Å². The van der Waals surface area contributed by atoms with Crippen molar-refractivity contribution in [2.75, 3.05) is 51.3 Å². The summed E-state index contributed by atoms with van der Waals surface area (Å²) in [6, 6.07) is 3.84. The monoisotopic (exact) mass is 454 g/mol. The zero-order valence-corrected chi connectivity index (χ0v) is 19.4. The number of aromatic nitrogens is 2. The van der Waals surface area contributed by atoms with E-state index in [-0.39, 0.29) is 11.9 Å². The van der Waals surface area contributed by atoms with E-state index in [1.165, 1.54) is 37.8 Å². The molecular formula is C24H34N6O3. The zero-order chi connectivity index (χ0) is 22.8. The summed E-state index contributed by atoms with van der Waals surface area (Å²) in [6.07, 6.45) is 9.41. The third-order valence-corrected chi connectivity index (χ3v) is 7.42. The number of nitrogens with one attached hydrogen (secondary N) is 1. The van der Waals surface area contributed by atoms with Crippen LogP contribution in [-0.4, -0.2) is 83.8 Å². The van der Waals surface area contributed by atoms with Crippen molar-refractivity contribution in [3.05, 3.63) is 30.1 Å². The molecule has 0 radical (unpaired) electrons. The number of urea groups is 1. The summed E-state index contributed by atoms with van der Waals surface area (Å²) in [5, 5.41) is 6.79. The first-order valence-electron chi connectivity index (χ1n) is 12.1. The van der Waals surface area contributed by atoms with E-state index in [0.29, 0.717) is 19.1 Å². The van der Waals surface area contributed by atoms with Gasteiger partial charge in [-0.25, -0.2) is 9.31 Å². The number of hydrogen-bond acceptors (Lipinski definition) is 6. The van der Waals surface area contributed by atoms with Crippen molar-refractivity contribution < 1.29 is 14.3 Å². The number of carbonyl (C=O) groups excluding carboxylic acids is 2. The summed E-state index contributed by atoms with van der Waals surface area (Å²) in [5.41, 5.74) is 2.85. The molecule has 1 aliphatic carbocycles. The van der Waals surface area contributed by atoms with Crippen LogP contribution >= 0.6 is 0 Å². The number of ether oxygens (including phenoxy) is 1. The van der Waals surface area contributed by atoms with Crippen LogP contribution < -0.4 is 10.2 Å². The Labute approximate surface area is 194 Å². The van der Waals surface area contributed by atoms with E-state index in [1.807, 2.05) is 13.3 Å². The lowest BCUT2D eigenvalue weighted by molar-refractivity contribution is -0.120. The van der Waals surface area contributed by atoms with Crippen molar-refractivity contribution in [2.24, 2.45) is 5.92 Å². The van der Waals surface area contributed by atoms with E-state index in [9.17, 15) is 9.59 Å². The lowest BCUT2D eigenvalue weighted by Gasteiger charge is -2.38. The van der Waals surface area contributed by atoms with E-state index < -0.39 is 0 Å². The first-order valence-corrected chi connectivity index (χ1v) is 12.1. The highest BCUT2D eigenvalue weighted by atomic mass is 16.5. The average Bonchev–Trinajstić information content (AvgIpc) is 3.24. The number of amides is 3. The number of pyridine rings is 1. The van der Waals surface area contributed by atoms with Crippen molar-refractivity contribution in [3.8, 4) is 0 Å². The van der Waals surface area contributed by atoms with Crippen molar-refractivity contribution in [3.63, 3.8) is 0 Å². The van der Waals surface area contributed by atoms with Gasteiger partial charge in [0.05, 0.1) is 23.5 Å². The Kier molecular flexibility index (Phi) is 6.62. The van der Waals surface area contributed by atoms with E-state index in [1.54, 1.807) is 15.6 Å². The summed E-state index contributed by atoms with van der Waals surface area (Å²) in [6.45, 7) is 6.86. The molecule has 0 unspecified atom stereocenters. The molecule has 9 nitrogen and oxygen atoms in total. The fourth-order valence-electron chi connectivity index (χ4n) is 5.42. The molecule has 0 spiro atoms. The predicted molar refractivity (Wildman–Crippen MR) is 125 cm³/mol. The zero-order valence-electron chi connectivity index (χ0n) is 19.4. The largest absolute Gasteiger partial charge is 0.381 e. The molecule has 0 aromatic carbocycles. The molecule has 3 amide bonds. The Bertz CT molecular complexity index is 991. The molecule has 2 aromatic heterocycles. The molecule has 5 rings (SSSR count). The molecule has 2 aromatic rings. The average molecular weight is 455 g/mol. The van der Waals surface area contributed by atoms with Gasteiger partial charge >= 0.3 is 6.03 Å². The van der Waals surface area contributed by atoms with Gasteiger partial charge in [0, 0.05) is 65.5 Å². The summed E-state index contributed by atoms with van der Waals surface area (Å²) in [4.78, 5) is 30.5. The van der Waals surface area contributed by atoms with Gasteiger partial charge in [-0.3, -0.25) is 19.9 Å². The fraction of sp³-hybridized carbons (Fsp3) is 0.625. The van der Waals surface area contributed by atoms with E-state index in [2.05, 4.69) is 32.3 Å². The van der Waals surface area contributed by atoms with Gasteiger partial charge in [-0.05, 0) is 49.3 Å². The minimum atomic E-state index is -0.376. The number of hydrogen-bond donors (Lipinski definition) is 1. The second-order valence-electron chi connectivity index (χ2n) is 9.60. The molecule has 2 saturated heterocycles. The Morgan fingerprint density at radius 1 is 1.06 bits per heavy atom. The van der Waals surface area contributed by atoms with Crippen LogP contribution in [0.4, 0.5) is 10.5 Å². The Morgan fingerprint density at radius 2 is 1.82 bits per heavy atom. The maximum Gasteiger partial charge on any atom is 0.328 e. The van der Waals surface area contributed by atoms with Crippen LogP contribution in [-0.2, 0) is 16.1 Å². The summed E-state index contributed by atoms with van der Waals surface area (Å²) in [7, 11) is 1.84. The van der Waals surface area contributed by atoms with E-state index >= 15 is 0 Å². The number of fused-ring (bicyclic) bond motifs is 1. The SMILES string of the molecule is CO[C@H]1CC[C@H](CN2CCN(Cc3ccn4ncc(N5CCC(=O)NC5=O)c4c3)CC2)CC1. The molecule has 178 valence electrons. The number of imide groups is 1. The quantitative estimate of drug-likeness (QED) is 0.720. The smallest absolute Gasteiger partial charge is 0.328 e. The normalized spacial score (nSPS) is 25.5. The minimum absolute atomic E-state index is 0.227. The maximum absolute atomic E-state index is 12.3. The highest BCUT2D eigenvalue weighted by Gasteiger charge is 2.27. The number of rotatable bonds is 6. The first-order chi connectivity index (χ1) is 16.1. The highest BCUT2D eigenvalue weighted by Crippen LogP contribution is 2.27. The molecule has 0 bridgehead atoms. The Morgan fingerprint density at radius 3 is 2.55 bits per heavy atom. The van der Waals surface area contributed by atoms with Crippen molar-refractivity contribution in [1.29, 1.82) is 0 Å². The Hall–Kier alpha value is -2.49. The molecule has 9 heteroatoms. The van der Waals surface area contributed by atoms with Crippen LogP contribution in [0.5, 0.6) is 0 Å². The van der Waals surface area contributed by atoms with Crippen molar-refractivity contribution >= 4 is 23.1 Å². The van der Waals surface area contributed by atoms with Crippen LogP contribution in [0.2, 0.25) is 0 Å². The van der Waals surface area contributed by atoms with Gasteiger partial charge < -0.3 is 9.64 Å². The van der Waals surface area contributed by atoms with Gasteiger partial charge in [0.2, 0.25) is 5.91 Å². The second-order valence-corrected chi connectivity index (χ2v) is 9.60. The maximum atomic E-state index is 12.3. The van der Waals surface area contributed by atoms with Gasteiger partial charge in [0.1, 0.15) is 0 Å². The number of carbonyl (C=O) groups is 2. The highest BCUT2D eigenvalue weighted by molar-refractivity contribution is 6.07. The first kappa shape index (κ1) is 22.3. The summed E-state index contributed by atoms with van der Waals surface area (Å²) in [5.74, 6) is 0.586. The molecular weight excluding hydrogens is 420 g/mol. The molecule has 4 heterocycles. The lowest BCUT2D eigenvalue weighted by atomic mass is 9.87. The van der Waals surface area contributed by atoms with Gasteiger partial charge in [0.15, 0.2) is 0 Å². The second kappa shape index (κ2) is 9.79. The number of methoxy groups -OCH3 is 1. The molecule has 3 fully saturated rings. The third kappa shape index (κ3) is 5.05. The third-order valence-electron chi connectivity index (χ3n) is 7.42. The Balaban J connectivity index is 1.17. The molecule has 1 saturated carbocycles. The number of nitrogens with zero attached hydrogens (tertiary/aromatic N) is 5. The molecule has 3 aliphatic rings. The van der Waals surface area contributed by atoms with Gasteiger partial charge in [0.25, 0.3) is 0 Å². The van der Waals surface area contributed by atoms with E-state index in [4.69, 9.17) is 4.74 Å². The fourth-order valence-corrected chi connectivity index (χ4v) is 5.42. The van der Waals surface area contributed by atoms with Crippen LogP contribution in [0.15, 0.2) is 24.5 Å². The van der Waals surface area contributed by atoms with Crippen LogP contribution in [0.25, 0.3) is 5.52 Å². The molecule has 1 N–H and O–H groups in total. The van der Waals surface area contributed by atoms with Crippen molar-refractivity contribution in [1.82, 2.24) is 24.7 Å². The molecule has 2 aliphatic heterocycles. The lowest BCUT2D eigenvalue weighted by Crippen LogP contribution is -2.49. The number of anilines is 1. The topological polar surface area (TPSA) is 82.4 Å². The van der Waals surface area contributed by atoms with Gasteiger partial charge in [-0.2, -0.15) is 5.10 Å².